The van der Waals surface area contributed by atoms with Crippen molar-refractivity contribution < 1.29 is 19.6 Å². The van der Waals surface area contributed by atoms with Crippen LogP contribution in [0, 0.1) is 10.1 Å². The zero-order chi connectivity index (χ0) is 16.8. The molecule has 0 spiro atoms. The molecule has 2 aromatic carbocycles. The SMILES string of the molecule is O=C(O)/C=C\c1ccc(OCc2ccc(Cl)cc2)c([N+](=O)[O-])c1. The van der Waals surface area contributed by atoms with E-state index in [9.17, 15) is 14.9 Å². The van der Waals surface area contributed by atoms with Gasteiger partial charge in [0.1, 0.15) is 6.61 Å². The van der Waals surface area contributed by atoms with Gasteiger partial charge in [0.25, 0.3) is 0 Å². The zero-order valence-corrected chi connectivity index (χ0v) is 12.6. The van der Waals surface area contributed by atoms with Crippen molar-refractivity contribution in [1.29, 1.82) is 0 Å². The average molecular weight is 334 g/mol. The third-order valence-corrected chi connectivity index (χ3v) is 3.16. The van der Waals surface area contributed by atoms with Crippen LogP contribution in [0.3, 0.4) is 0 Å². The lowest BCUT2D eigenvalue weighted by Gasteiger charge is -2.07. The number of carboxylic acids is 1. The number of benzene rings is 2. The van der Waals surface area contributed by atoms with Crippen molar-refractivity contribution >= 4 is 29.3 Å². The number of rotatable bonds is 6. The molecule has 0 amide bonds. The van der Waals surface area contributed by atoms with E-state index in [-0.39, 0.29) is 18.0 Å². The van der Waals surface area contributed by atoms with Crippen molar-refractivity contribution in [3.8, 4) is 5.75 Å². The second-order valence-electron chi connectivity index (χ2n) is 4.57. The molecule has 6 nitrogen and oxygen atoms in total. The van der Waals surface area contributed by atoms with Gasteiger partial charge < -0.3 is 9.84 Å². The zero-order valence-electron chi connectivity index (χ0n) is 11.8. The van der Waals surface area contributed by atoms with Crippen LogP contribution in [0.2, 0.25) is 5.02 Å². The molecule has 7 heteroatoms. The fourth-order valence-electron chi connectivity index (χ4n) is 1.81. The number of ether oxygens (including phenoxy) is 1. The lowest BCUT2D eigenvalue weighted by atomic mass is 10.1. The molecule has 0 heterocycles. The quantitative estimate of drug-likeness (QED) is 0.491. The van der Waals surface area contributed by atoms with Crippen LogP contribution >= 0.6 is 11.6 Å². The number of carbonyl (C=O) groups is 1. The van der Waals surface area contributed by atoms with E-state index in [0.29, 0.717) is 10.6 Å². The Morgan fingerprint density at radius 1 is 1.26 bits per heavy atom. The molecular weight excluding hydrogens is 322 g/mol. The Morgan fingerprint density at radius 2 is 1.96 bits per heavy atom. The van der Waals surface area contributed by atoms with Gasteiger partial charge in [-0.1, -0.05) is 29.8 Å². The molecule has 2 rings (SSSR count). The highest BCUT2D eigenvalue weighted by atomic mass is 35.5. The highest BCUT2D eigenvalue weighted by Crippen LogP contribution is 2.29. The van der Waals surface area contributed by atoms with E-state index in [1.54, 1.807) is 30.3 Å². The van der Waals surface area contributed by atoms with Gasteiger partial charge in [0, 0.05) is 17.2 Å². The maximum Gasteiger partial charge on any atom is 0.328 e. The standard InChI is InChI=1S/C16H12ClNO5/c17-13-5-1-12(2-6-13)10-23-15-7-3-11(4-8-16(19)20)9-14(15)18(21)22/h1-9H,10H2,(H,19,20)/b8-4-. The topological polar surface area (TPSA) is 89.7 Å². The fourth-order valence-corrected chi connectivity index (χ4v) is 1.94. The molecule has 118 valence electrons. The Hall–Kier alpha value is -2.86. The molecule has 0 aliphatic heterocycles. The molecular formula is C16H12ClNO5. The highest BCUT2D eigenvalue weighted by molar-refractivity contribution is 6.30. The molecule has 0 unspecified atom stereocenters. The van der Waals surface area contributed by atoms with Gasteiger partial charge in [-0.3, -0.25) is 10.1 Å². The van der Waals surface area contributed by atoms with Crippen LogP contribution in [0.5, 0.6) is 5.75 Å². The summed E-state index contributed by atoms with van der Waals surface area (Å²) in [6.07, 6.45) is 2.19. The molecule has 0 aliphatic carbocycles. The van der Waals surface area contributed by atoms with Crippen molar-refractivity contribution in [2.45, 2.75) is 6.61 Å². The molecule has 2 aromatic rings. The predicted octanol–water partition coefficient (Wildman–Crippen LogP) is 3.93. The number of hydrogen-bond donors (Lipinski definition) is 1. The summed E-state index contributed by atoms with van der Waals surface area (Å²) in [5.74, 6) is -1.02. The number of carboxylic acid groups (broad SMARTS) is 1. The lowest BCUT2D eigenvalue weighted by molar-refractivity contribution is -0.386. The smallest absolute Gasteiger partial charge is 0.328 e. The highest BCUT2D eigenvalue weighted by Gasteiger charge is 2.15. The minimum absolute atomic E-state index is 0.109. The van der Waals surface area contributed by atoms with Gasteiger partial charge in [0.15, 0.2) is 5.75 Å². The molecule has 0 aromatic heterocycles. The maximum atomic E-state index is 11.1. The maximum absolute atomic E-state index is 11.1. The lowest BCUT2D eigenvalue weighted by Crippen LogP contribution is -1.99. The first-order valence-electron chi connectivity index (χ1n) is 6.52. The normalized spacial score (nSPS) is 10.7. The minimum atomic E-state index is -1.13. The van der Waals surface area contributed by atoms with Crippen LogP contribution in [-0.2, 0) is 11.4 Å². The van der Waals surface area contributed by atoms with Crippen LogP contribution in [0.25, 0.3) is 6.08 Å². The molecule has 0 saturated carbocycles. The molecule has 0 radical (unpaired) electrons. The Morgan fingerprint density at radius 3 is 2.57 bits per heavy atom. The summed E-state index contributed by atoms with van der Waals surface area (Å²) < 4.78 is 5.48. The summed E-state index contributed by atoms with van der Waals surface area (Å²) >= 11 is 5.79. The number of nitrogens with zero attached hydrogens (tertiary/aromatic N) is 1. The third-order valence-electron chi connectivity index (χ3n) is 2.91. The number of nitro groups is 1. The van der Waals surface area contributed by atoms with Gasteiger partial charge in [-0.05, 0) is 35.4 Å². The first-order valence-corrected chi connectivity index (χ1v) is 6.90. The van der Waals surface area contributed by atoms with Crippen LogP contribution in [0.15, 0.2) is 48.5 Å². The molecule has 0 aliphatic rings. The summed E-state index contributed by atoms with van der Waals surface area (Å²) in [7, 11) is 0. The largest absolute Gasteiger partial charge is 0.482 e. The number of halogens is 1. The fraction of sp³-hybridized carbons (Fsp3) is 0.0625. The Kier molecular flexibility index (Phi) is 5.32. The van der Waals surface area contributed by atoms with Crippen LogP contribution < -0.4 is 4.74 Å². The van der Waals surface area contributed by atoms with Crippen molar-refractivity contribution in [3.63, 3.8) is 0 Å². The van der Waals surface area contributed by atoms with Crippen molar-refractivity contribution in [1.82, 2.24) is 0 Å². The van der Waals surface area contributed by atoms with Crippen LogP contribution in [0.1, 0.15) is 11.1 Å². The Bertz CT molecular complexity index is 756. The van der Waals surface area contributed by atoms with E-state index in [1.165, 1.54) is 18.2 Å². The molecule has 0 atom stereocenters. The average Bonchev–Trinajstić information content (AvgIpc) is 2.52. The van der Waals surface area contributed by atoms with Crippen LogP contribution in [-0.4, -0.2) is 16.0 Å². The molecule has 0 saturated heterocycles. The second kappa shape index (κ2) is 7.42. The van der Waals surface area contributed by atoms with Crippen molar-refractivity contribution in [2.75, 3.05) is 0 Å². The van der Waals surface area contributed by atoms with Crippen molar-refractivity contribution in [2.24, 2.45) is 0 Å². The van der Waals surface area contributed by atoms with E-state index in [1.807, 2.05) is 0 Å². The van der Waals surface area contributed by atoms with E-state index >= 15 is 0 Å². The number of nitro benzene ring substituents is 1. The van der Waals surface area contributed by atoms with Gasteiger partial charge in [-0.25, -0.2) is 4.79 Å². The van der Waals surface area contributed by atoms with Gasteiger partial charge in [0.05, 0.1) is 4.92 Å². The Balaban J connectivity index is 2.19. The van der Waals surface area contributed by atoms with E-state index in [2.05, 4.69) is 0 Å². The summed E-state index contributed by atoms with van der Waals surface area (Å²) in [5.41, 5.74) is 0.989. The summed E-state index contributed by atoms with van der Waals surface area (Å²) in [6.45, 7) is 0.155. The van der Waals surface area contributed by atoms with Crippen LogP contribution in [0.4, 0.5) is 5.69 Å². The summed E-state index contributed by atoms with van der Waals surface area (Å²) in [4.78, 5) is 21.0. The summed E-state index contributed by atoms with van der Waals surface area (Å²) in [6, 6.07) is 11.2. The first kappa shape index (κ1) is 16.5. The monoisotopic (exact) mass is 333 g/mol. The second-order valence-corrected chi connectivity index (χ2v) is 5.01. The first-order chi connectivity index (χ1) is 11.0. The van der Waals surface area contributed by atoms with E-state index in [0.717, 1.165) is 11.6 Å². The minimum Gasteiger partial charge on any atom is -0.482 e. The molecule has 0 fully saturated rings. The molecule has 1 N–H and O–H groups in total. The number of hydrogen-bond acceptors (Lipinski definition) is 4. The van der Waals surface area contributed by atoms with E-state index < -0.39 is 10.9 Å². The van der Waals surface area contributed by atoms with E-state index in [4.69, 9.17) is 21.4 Å². The summed E-state index contributed by atoms with van der Waals surface area (Å²) in [5, 5.41) is 20.3. The number of aliphatic carboxylic acids is 1. The third kappa shape index (κ3) is 4.82. The van der Waals surface area contributed by atoms with Gasteiger partial charge in [0.2, 0.25) is 0 Å². The van der Waals surface area contributed by atoms with Gasteiger partial charge >= 0.3 is 11.7 Å². The van der Waals surface area contributed by atoms with Gasteiger partial charge in [-0.2, -0.15) is 0 Å². The predicted molar refractivity (Wildman–Crippen MR) is 85.6 cm³/mol. The molecule has 23 heavy (non-hydrogen) atoms. The Labute approximate surface area is 136 Å². The van der Waals surface area contributed by atoms with Gasteiger partial charge in [-0.15, -0.1) is 0 Å². The molecule has 0 bridgehead atoms. The van der Waals surface area contributed by atoms with Crippen molar-refractivity contribution in [3.05, 3.63) is 74.8 Å².